The lowest BCUT2D eigenvalue weighted by Gasteiger charge is -2.20. The molecule has 27 heavy (non-hydrogen) atoms. The van der Waals surface area contributed by atoms with Crippen molar-refractivity contribution < 1.29 is 14.3 Å². The molecule has 5 nitrogen and oxygen atoms in total. The lowest BCUT2D eigenvalue weighted by molar-refractivity contribution is -0.121. The summed E-state index contributed by atoms with van der Waals surface area (Å²) >= 11 is 6.21. The van der Waals surface area contributed by atoms with Gasteiger partial charge in [0.25, 0.3) is 0 Å². The fourth-order valence-electron chi connectivity index (χ4n) is 3.02. The largest absolute Gasteiger partial charge is 0.493 e. The van der Waals surface area contributed by atoms with Gasteiger partial charge < -0.3 is 20.1 Å². The Labute approximate surface area is 166 Å². The summed E-state index contributed by atoms with van der Waals surface area (Å²) in [5.41, 5.74) is 2.98. The van der Waals surface area contributed by atoms with E-state index in [1.54, 1.807) is 14.2 Å². The van der Waals surface area contributed by atoms with Gasteiger partial charge in [0.05, 0.1) is 26.8 Å². The highest BCUT2D eigenvalue weighted by atomic mass is 35.5. The summed E-state index contributed by atoms with van der Waals surface area (Å²) in [6.45, 7) is 6.11. The van der Waals surface area contributed by atoms with Crippen LogP contribution in [0.3, 0.4) is 0 Å². The Morgan fingerprint density at radius 3 is 2.30 bits per heavy atom. The zero-order valence-electron chi connectivity index (χ0n) is 16.4. The van der Waals surface area contributed by atoms with E-state index in [1.807, 2.05) is 57.2 Å². The van der Waals surface area contributed by atoms with Crippen molar-refractivity contribution in [1.82, 2.24) is 10.6 Å². The van der Waals surface area contributed by atoms with E-state index in [-0.39, 0.29) is 24.5 Å². The summed E-state index contributed by atoms with van der Waals surface area (Å²) in [4.78, 5) is 12.4. The third kappa shape index (κ3) is 5.37. The van der Waals surface area contributed by atoms with Gasteiger partial charge in [-0.2, -0.15) is 0 Å². The molecule has 146 valence electrons. The van der Waals surface area contributed by atoms with Crippen LogP contribution in [0.5, 0.6) is 11.5 Å². The van der Waals surface area contributed by atoms with Gasteiger partial charge in [-0.05, 0) is 55.7 Å². The van der Waals surface area contributed by atoms with Crippen molar-refractivity contribution in [1.29, 1.82) is 0 Å². The molecule has 0 radical (unpaired) electrons. The predicted molar refractivity (Wildman–Crippen MR) is 109 cm³/mol. The second kappa shape index (κ2) is 9.62. The first-order chi connectivity index (χ1) is 12.9. The van der Waals surface area contributed by atoms with E-state index in [0.717, 1.165) is 16.7 Å². The van der Waals surface area contributed by atoms with Crippen molar-refractivity contribution >= 4 is 17.5 Å². The maximum atomic E-state index is 12.4. The average Bonchev–Trinajstić information content (AvgIpc) is 2.66. The van der Waals surface area contributed by atoms with Crippen LogP contribution in [-0.2, 0) is 4.79 Å². The topological polar surface area (TPSA) is 59.6 Å². The Morgan fingerprint density at radius 1 is 1.04 bits per heavy atom. The minimum atomic E-state index is -0.158. The molecule has 1 amide bonds. The molecule has 0 aliphatic rings. The van der Waals surface area contributed by atoms with E-state index in [2.05, 4.69) is 10.6 Å². The normalized spacial score (nSPS) is 13.0. The molecule has 0 aliphatic carbocycles. The SMILES string of the molecule is COc1cc(C)c(C(C)NC(=O)CNC(C)c2ccccc2Cl)cc1OC. The van der Waals surface area contributed by atoms with Crippen LogP contribution in [0.15, 0.2) is 36.4 Å². The van der Waals surface area contributed by atoms with Gasteiger partial charge in [0, 0.05) is 11.1 Å². The Bertz CT molecular complexity index is 795. The van der Waals surface area contributed by atoms with Gasteiger partial charge in [-0.15, -0.1) is 0 Å². The van der Waals surface area contributed by atoms with E-state index >= 15 is 0 Å². The van der Waals surface area contributed by atoms with Gasteiger partial charge in [0.15, 0.2) is 11.5 Å². The molecule has 0 heterocycles. The van der Waals surface area contributed by atoms with Crippen molar-refractivity contribution in [2.75, 3.05) is 20.8 Å². The quantitative estimate of drug-likeness (QED) is 0.709. The van der Waals surface area contributed by atoms with Gasteiger partial charge in [-0.3, -0.25) is 4.79 Å². The van der Waals surface area contributed by atoms with E-state index in [4.69, 9.17) is 21.1 Å². The highest BCUT2D eigenvalue weighted by molar-refractivity contribution is 6.31. The summed E-state index contributed by atoms with van der Waals surface area (Å²) in [6.07, 6.45) is 0. The molecule has 2 rings (SSSR count). The number of methoxy groups -OCH3 is 2. The molecule has 0 aliphatic heterocycles. The Balaban J connectivity index is 1.98. The number of hydrogen-bond donors (Lipinski definition) is 2. The first-order valence-electron chi connectivity index (χ1n) is 8.87. The summed E-state index contributed by atoms with van der Waals surface area (Å²) in [7, 11) is 3.20. The second-order valence-corrected chi connectivity index (χ2v) is 6.88. The smallest absolute Gasteiger partial charge is 0.234 e. The number of carbonyl (C=O) groups excluding carboxylic acids is 1. The van der Waals surface area contributed by atoms with Crippen LogP contribution in [-0.4, -0.2) is 26.7 Å². The molecule has 2 aromatic carbocycles. The molecule has 2 atom stereocenters. The molecule has 2 aromatic rings. The number of ether oxygens (including phenoxy) is 2. The van der Waals surface area contributed by atoms with Gasteiger partial charge in [0.2, 0.25) is 5.91 Å². The Hall–Kier alpha value is -2.24. The first-order valence-corrected chi connectivity index (χ1v) is 9.24. The number of halogens is 1. The van der Waals surface area contributed by atoms with Crippen molar-refractivity contribution in [3.05, 3.63) is 58.1 Å². The molecule has 0 saturated carbocycles. The fourth-order valence-corrected chi connectivity index (χ4v) is 3.31. The molecule has 6 heteroatoms. The number of carbonyl (C=O) groups is 1. The van der Waals surface area contributed by atoms with Crippen LogP contribution in [0, 0.1) is 6.92 Å². The minimum absolute atomic E-state index is 0.0254. The molecule has 2 N–H and O–H groups in total. The number of nitrogens with one attached hydrogen (secondary N) is 2. The van der Waals surface area contributed by atoms with E-state index in [1.165, 1.54) is 0 Å². The van der Waals surface area contributed by atoms with Crippen molar-refractivity contribution in [2.24, 2.45) is 0 Å². The number of aryl methyl sites for hydroxylation is 1. The monoisotopic (exact) mass is 390 g/mol. The minimum Gasteiger partial charge on any atom is -0.493 e. The molecule has 0 saturated heterocycles. The van der Waals surface area contributed by atoms with Crippen LogP contribution in [0.4, 0.5) is 0 Å². The second-order valence-electron chi connectivity index (χ2n) is 6.48. The molecular formula is C21H27ClN2O3. The van der Waals surface area contributed by atoms with Crippen LogP contribution in [0.25, 0.3) is 0 Å². The molecule has 0 aromatic heterocycles. The Kier molecular flexibility index (Phi) is 7.51. The molecule has 0 spiro atoms. The van der Waals surface area contributed by atoms with Gasteiger partial charge in [0.1, 0.15) is 0 Å². The summed E-state index contributed by atoms with van der Waals surface area (Å²) in [5.74, 6) is 1.23. The summed E-state index contributed by atoms with van der Waals surface area (Å²) in [5, 5.41) is 6.91. The lowest BCUT2D eigenvalue weighted by Crippen LogP contribution is -2.36. The van der Waals surface area contributed by atoms with Crippen LogP contribution in [0.1, 0.15) is 42.6 Å². The summed E-state index contributed by atoms with van der Waals surface area (Å²) in [6, 6.07) is 11.2. The van der Waals surface area contributed by atoms with Gasteiger partial charge >= 0.3 is 0 Å². The summed E-state index contributed by atoms with van der Waals surface area (Å²) < 4.78 is 10.7. The van der Waals surface area contributed by atoms with Crippen molar-refractivity contribution in [2.45, 2.75) is 32.9 Å². The third-order valence-corrected chi connectivity index (χ3v) is 4.90. The van der Waals surface area contributed by atoms with Crippen LogP contribution >= 0.6 is 11.6 Å². The van der Waals surface area contributed by atoms with E-state index < -0.39 is 0 Å². The standard InChI is InChI=1S/C21H27ClN2O3/c1-13-10-19(26-4)20(27-5)11-17(13)15(3)24-21(25)12-23-14(2)16-8-6-7-9-18(16)22/h6-11,14-15,23H,12H2,1-5H3,(H,24,25). The number of rotatable bonds is 8. The average molecular weight is 391 g/mol. The number of amides is 1. The zero-order chi connectivity index (χ0) is 20.0. The maximum absolute atomic E-state index is 12.4. The predicted octanol–water partition coefficient (Wildman–Crippen LogP) is 4.19. The lowest BCUT2D eigenvalue weighted by atomic mass is 10.0. The molecule has 0 fully saturated rings. The fraction of sp³-hybridized carbons (Fsp3) is 0.381. The highest BCUT2D eigenvalue weighted by Gasteiger charge is 2.16. The number of benzene rings is 2. The maximum Gasteiger partial charge on any atom is 0.234 e. The van der Waals surface area contributed by atoms with Gasteiger partial charge in [-0.25, -0.2) is 0 Å². The van der Waals surface area contributed by atoms with Crippen LogP contribution in [0.2, 0.25) is 5.02 Å². The number of hydrogen-bond acceptors (Lipinski definition) is 4. The Morgan fingerprint density at radius 2 is 1.67 bits per heavy atom. The van der Waals surface area contributed by atoms with E-state index in [0.29, 0.717) is 16.5 Å². The van der Waals surface area contributed by atoms with Gasteiger partial charge in [-0.1, -0.05) is 29.8 Å². The van der Waals surface area contributed by atoms with Crippen molar-refractivity contribution in [3.63, 3.8) is 0 Å². The molecule has 2 unspecified atom stereocenters. The molecule has 0 bridgehead atoms. The van der Waals surface area contributed by atoms with E-state index in [9.17, 15) is 4.79 Å². The first kappa shape index (κ1) is 21.1. The highest BCUT2D eigenvalue weighted by Crippen LogP contribution is 2.32. The van der Waals surface area contributed by atoms with Crippen molar-refractivity contribution in [3.8, 4) is 11.5 Å². The third-order valence-electron chi connectivity index (χ3n) is 4.56. The zero-order valence-corrected chi connectivity index (χ0v) is 17.2. The van der Waals surface area contributed by atoms with Crippen LogP contribution < -0.4 is 20.1 Å². The molecular weight excluding hydrogens is 364 g/mol.